The van der Waals surface area contributed by atoms with Crippen LogP contribution in [0.5, 0.6) is 5.75 Å². The van der Waals surface area contributed by atoms with Gasteiger partial charge < -0.3 is 15.4 Å². The number of nitrogens with one attached hydrogen (secondary N) is 3. The molecule has 1 fully saturated rings. The number of aryl methyl sites for hydroxylation is 1. The summed E-state index contributed by atoms with van der Waals surface area (Å²) >= 11 is 0. The van der Waals surface area contributed by atoms with Crippen LogP contribution in [0, 0.1) is 0 Å². The molecule has 1 aliphatic carbocycles. The summed E-state index contributed by atoms with van der Waals surface area (Å²) in [6.45, 7) is 4.76. The number of benzene rings is 1. The molecule has 4 rings (SSSR count). The lowest BCUT2D eigenvalue weighted by atomic mass is 10.1. The minimum absolute atomic E-state index is 0.106. The number of amides is 2. The van der Waals surface area contributed by atoms with Gasteiger partial charge in [-0.1, -0.05) is 18.2 Å². The van der Waals surface area contributed by atoms with Gasteiger partial charge in [-0.3, -0.25) is 19.6 Å². The molecule has 1 aliphatic heterocycles. The first-order chi connectivity index (χ1) is 14.7. The lowest BCUT2D eigenvalue weighted by Gasteiger charge is -2.35. The topological polar surface area (TPSA) is 99.3 Å². The Morgan fingerprint density at radius 1 is 1.33 bits per heavy atom. The van der Waals surface area contributed by atoms with Crippen LogP contribution in [0.1, 0.15) is 42.3 Å². The summed E-state index contributed by atoms with van der Waals surface area (Å²) in [7, 11) is 0. The monoisotopic (exact) mass is 411 g/mol. The Morgan fingerprint density at radius 3 is 3.07 bits per heavy atom. The Bertz CT molecular complexity index is 910. The molecule has 1 aromatic heterocycles. The molecule has 0 saturated carbocycles. The SMILES string of the molecule is CCOc1ccccc1CN1CCNC(=O)[C@@H]1CC(=O)NCc1n[nH]c2c1CCC2. The fourth-order valence-corrected chi connectivity index (χ4v) is 4.29. The van der Waals surface area contributed by atoms with E-state index in [-0.39, 0.29) is 18.2 Å². The zero-order chi connectivity index (χ0) is 20.9. The van der Waals surface area contributed by atoms with Gasteiger partial charge in [-0.25, -0.2) is 0 Å². The summed E-state index contributed by atoms with van der Waals surface area (Å²) in [5.74, 6) is 0.572. The van der Waals surface area contributed by atoms with Crippen LogP contribution in [0.3, 0.4) is 0 Å². The number of carbonyl (C=O) groups excluding carboxylic acids is 2. The van der Waals surface area contributed by atoms with E-state index < -0.39 is 6.04 Å². The third-order valence-electron chi connectivity index (χ3n) is 5.81. The first-order valence-electron chi connectivity index (χ1n) is 10.7. The van der Waals surface area contributed by atoms with Crippen LogP contribution in [0.4, 0.5) is 0 Å². The van der Waals surface area contributed by atoms with E-state index in [4.69, 9.17) is 4.74 Å². The number of aromatic nitrogens is 2. The van der Waals surface area contributed by atoms with Crippen molar-refractivity contribution in [3.8, 4) is 5.75 Å². The number of aromatic amines is 1. The number of rotatable bonds is 8. The van der Waals surface area contributed by atoms with Crippen molar-refractivity contribution in [2.45, 2.75) is 51.7 Å². The van der Waals surface area contributed by atoms with Crippen molar-refractivity contribution in [1.29, 1.82) is 0 Å². The molecule has 0 radical (unpaired) electrons. The second-order valence-electron chi connectivity index (χ2n) is 7.78. The van der Waals surface area contributed by atoms with Gasteiger partial charge in [0.15, 0.2) is 0 Å². The molecule has 0 bridgehead atoms. The summed E-state index contributed by atoms with van der Waals surface area (Å²) in [5.41, 5.74) is 4.35. The minimum Gasteiger partial charge on any atom is -0.494 e. The number of hydrogen-bond acceptors (Lipinski definition) is 5. The number of carbonyl (C=O) groups is 2. The normalized spacial score (nSPS) is 18.7. The largest absolute Gasteiger partial charge is 0.494 e. The standard InChI is InChI=1S/C22H29N5O3/c1-2-30-20-9-4-3-6-15(20)14-27-11-10-23-22(29)19(27)12-21(28)24-13-18-16-7-5-8-17(16)25-26-18/h3-4,6,9,19H,2,5,7-8,10-14H2,1H3,(H,23,29)(H,24,28)(H,25,26)/t19-/m0/s1. The number of nitrogens with zero attached hydrogens (tertiary/aromatic N) is 2. The van der Waals surface area contributed by atoms with Crippen molar-refractivity contribution in [2.75, 3.05) is 19.7 Å². The second kappa shape index (κ2) is 9.30. The molecule has 1 aromatic carbocycles. The van der Waals surface area contributed by atoms with Crippen molar-refractivity contribution in [3.63, 3.8) is 0 Å². The first-order valence-corrected chi connectivity index (χ1v) is 10.7. The maximum Gasteiger partial charge on any atom is 0.237 e. The number of fused-ring (bicyclic) bond motifs is 1. The zero-order valence-corrected chi connectivity index (χ0v) is 17.4. The number of H-pyrrole nitrogens is 1. The first kappa shape index (κ1) is 20.4. The highest BCUT2D eigenvalue weighted by Crippen LogP contribution is 2.24. The molecule has 0 spiro atoms. The minimum atomic E-state index is -0.502. The molecular formula is C22H29N5O3. The van der Waals surface area contributed by atoms with E-state index in [2.05, 4.69) is 25.7 Å². The van der Waals surface area contributed by atoms with Gasteiger partial charge in [0.05, 0.1) is 31.3 Å². The highest BCUT2D eigenvalue weighted by molar-refractivity contribution is 5.88. The van der Waals surface area contributed by atoms with Gasteiger partial charge in [-0.05, 0) is 37.8 Å². The third kappa shape index (κ3) is 4.48. The maximum absolute atomic E-state index is 12.6. The molecule has 30 heavy (non-hydrogen) atoms. The molecule has 2 amide bonds. The molecule has 8 heteroatoms. The van der Waals surface area contributed by atoms with E-state index in [9.17, 15) is 9.59 Å². The van der Waals surface area contributed by atoms with Crippen LogP contribution in [0.25, 0.3) is 0 Å². The van der Waals surface area contributed by atoms with Gasteiger partial charge in [0.2, 0.25) is 11.8 Å². The highest BCUT2D eigenvalue weighted by Gasteiger charge is 2.32. The van der Waals surface area contributed by atoms with E-state index in [1.54, 1.807) is 0 Å². The van der Waals surface area contributed by atoms with Crippen molar-refractivity contribution < 1.29 is 14.3 Å². The van der Waals surface area contributed by atoms with E-state index in [1.165, 1.54) is 11.3 Å². The predicted octanol–water partition coefficient (Wildman–Crippen LogP) is 1.30. The Hall–Kier alpha value is -2.87. The molecule has 0 unspecified atom stereocenters. The fraction of sp³-hybridized carbons (Fsp3) is 0.500. The second-order valence-corrected chi connectivity index (χ2v) is 7.78. The molecule has 3 N–H and O–H groups in total. The summed E-state index contributed by atoms with van der Waals surface area (Å²) in [4.78, 5) is 27.2. The van der Waals surface area contributed by atoms with Crippen LogP contribution < -0.4 is 15.4 Å². The Morgan fingerprint density at radius 2 is 2.20 bits per heavy atom. The molecule has 2 heterocycles. The van der Waals surface area contributed by atoms with Crippen molar-refractivity contribution in [3.05, 3.63) is 46.8 Å². The number of hydrogen-bond donors (Lipinski definition) is 3. The Kier molecular flexibility index (Phi) is 6.32. The van der Waals surface area contributed by atoms with Crippen LogP contribution in [0.2, 0.25) is 0 Å². The van der Waals surface area contributed by atoms with Gasteiger partial charge in [0, 0.05) is 30.9 Å². The van der Waals surface area contributed by atoms with Crippen molar-refractivity contribution in [2.24, 2.45) is 0 Å². The van der Waals surface area contributed by atoms with E-state index >= 15 is 0 Å². The smallest absolute Gasteiger partial charge is 0.237 e. The van der Waals surface area contributed by atoms with Gasteiger partial charge >= 0.3 is 0 Å². The fourth-order valence-electron chi connectivity index (χ4n) is 4.29. The average Bonchev–Trinajstić information content (AvgIpc) is 3.35. The molecule has 2 aromatic rings. The number of piperazine rings is 1. The Balaban J connectivity index is 1.39. The van der Waals surface area contributed by atoms with Crippen molar-refractivity contribution >= 4 is 11.8 Å². The molecule has 160 valence electrons. The number of ether oxygens (including phenoxy) is 1. The van der Waals surface area contributed by atoms with Gasteiger partial charge in [0.1, 0.15) is 5.75 Å². The predicted molar refractivity (Wildman–Crippen MR) is 112 cm³/mol. The molecule has 1 saturated heterocycles. The summed E-state index contributed by atoms with van der Waals surface area (Å²) < 4.78 is 5.72. The summed E-state index contributed by atoms with van der Waals surface area (Å²) in [6.07, 6.45) is 3.28. The highest BCUT2D eigenvalue weighted by atomic mass is 16.5. The average molecular weight is 412 g/mol. The summed E-state index contributed by atoms with van der Waals surface area (Å²) in [5, 5.41) is 13.2. The van der Waals surface area contributed by atoms with E-state index in [0.29, 0.717) is 32.8 Å². The molecular weight excluding hydrogens is 382 g/mol. The molecule has 2 aliphatic rings. The van der Waals surface area contributed by atoms with Gasteiger partial charge in [-0.15, -0.1) is 0 Å². The zero-order valence-electron chi connectivity index (χ0n) is 17.4. The van der Waals surface area contributed by atoms with Crippen molar-refractivity contribution in [1.82, 2.24) is 25.7 Å². The molecule has 1 atom stereocenters. The summed E-state index contributed by atoms with van der Waals surface area (Å²) in [6, 6.07) is 7.35. The maximum atomic E-state index is 12.6. The molecule has 8 nitrogen and oxygen atoms in total. The quantitative estimate of drug-likeness (QED) is 0.608. The van der Waals surface area contributed by atoms with E-state index in [1.807, 2.05) is 31.2 Å². The van der Waals surface area contributed by atoms with Gasteiger partial charge in [-0.2, -0.15) is 5.10 Å². The van der Waals surface area contributed by atoms with Crippen LogP contribution in [0.15, 0.2) is 24.3 Å². The lowest BCUT2D eigenvalue weighted by Crippen LogP contribution is -2.56. The number of para-hydroxylation sites is 1. The van der Waals surface area contributed by atoms with Gasteiger partial charge in [0.25, 0.3) is 0 Å². The van der Waals surface area contributed by atoms with Crippen LogP contribution in [-0.2, 0) is 35.5 Å². The Labute approximate surface area is 176 Å². The van der Waals surface area contributed by atoms with Crippen LogP contribution in [-0.4, -0.2) is 52.6 Å². The lowest BCUT2D eigenvalue weighted by molar-refractivity contribution is -0.134. The van der Waals surface area contributed by atoms with Crippen LogP contribution >= 0.6 is 0 Å². The van der Waals surface area contributed by atoms with E-state index in [0.717, 1.165) is 36.3 Å². The third-order valence-corrected chi connectivity index (χ3v) is 5.81.